The molecule has 0 bridgehead atoms. The van der Waals surface area contributed by atoms with Crippen molar-refractivity contribution in [1.29, 1.82) is 0 Å². The lowest BCUT2D eigenvalue weighted by molar-refractivity contribution is -0.166. The number of benzene rings is 3. The second-order valence-electron chi connectivity index (χ2n) is 9.75. The van der Waals surface area contributed by atoms with Gasteiger partial charge in [-0.15, -0.1) is 0 Å². The summed E-state index contributed by atoms with van der Waals surface area (Å²) < 4.78 is 6.28. The van der Waals surface area contributed by atoms with Crippen molar-refractivity contribution >= 4 is 29.2 Å². The number of hydrogen-bond acceptors (Lipinski definition) is 5. The van der Waals surface area contributed by atoms with Crippen molar-refractivity contribution in [3.63, 3.8) is 0 Å². The number of nitrogens with one attached hydrogen (secondary N) is 1. The van der Waals surface area contributed by atoms with E-state index in [2.05, 4.69) is 5.32 Å². The number of para-hydroxylation sites is 2. The molecule has 1 spiro atoms. The summed E-state index contributed by atoms with van der Waals surface area (Å²) in [6.07, 6.45) is 0.314. The molecule has 7 nitrogen and oxygen atoms in total. The number of ether oxygens (including phenoxy) is 1. The zero-order valence-corrected chi connectivity index (χ0v) is 19.2. The maximum absolute atomic E-state index is 14.5. The molecule has 4 aliphatic rings. The minimum atomic E-state index is -1.75. The van der Waals surface area contributed by atoms with Crippen LogP contribution in [0.5, 0.6) is 0 Å². The summed E-state index contributed by atoms with van der Waals surface area (Å²) in [4.78, 5) is 46.4. The van der Waals surface area contributed by atoms with Gasteiger partial charge in [0.2, 0.25) is 11.5 Å². The van der Waals surface area contributed by atoms with Crippen molar-refractivity contribution in [2.45, 2.75) is 24.1 Å². The van der Waals surface area contributed by atoms with Crippen LogP contribution in [0.3, 0.4) is 0 Å². The third-order valence-corrected chi connectivity index (χ3v) is 8.41. The molecule has 0 unspecified atom stereocenters. The van der Waals surface area contributed by atoms with Gasteiger partial charge in [-0.05, 0) is 31.2 Å². The number of hydrogen-bond donors (Lipinski definition) is 1. The quantitative estimate of drug-likeness (QED) is 0.589. The van der Waals surface area contributed by atoms with E-state index in [0.717, 1.165) is 5.56 Å². The Bertz CT molecular complexity index is 1440. The van der Waals surface area contributed by atoms with E-state index in [1.54, 1.807) is 11.0 Å². The monoisotopic (exact) mass is 465 g/mol. The molecule has 1 N–H and O–H groups in total. The van der Waals surface area contributed by atoms with Crippen LogP contribution in [0.15, 0.2) is 78.9 Å². The molecule has 0 aliphatic carbocycles. The van der Waals surface area contributed by atoms with Crippen molar-refractivity contribution in [3.05, 3.63) is 95.6 Å². The molecule has 3 aromatic rings. The number of fused-ring (bicyclic) bond motifs is 3. The van der Waals surface area contributed by atoms with E-state index >= 15 is 0 Å². The molecule has 2 saturated heterocycles. The molecular formula is C28H23N3O4. The number of nitrogens with zero attached hydrogens (tertiary/aromatic N) is 2. The predicted molar refractivity (Wildman–Crippen MR) is 128 cm³/mol. The summed E-state index contributed by atoms with van der Waals surface area (Å²) >= 11 is 0. The van der Waals surface area contributed by atoms with Gasteiger partial charge in [-0.1, -0.05) is 66.7 Å². The first-order chi connectivity index (χ1) is 17.0. The molecule has 7 rings (SSSR count). The van der Waals surface area contributed by atoms with Crippen LogP contribution in [0, 0.1) is 5.41 Å². The highest BCUT2D eigenvalue weighted by Crippen LogP contribution is 2.72. The first-order valence-electron chi connectivity index (χ1n) is 11.8. The summed E-state index contributed by atoms with van der Waals surface area (Å²) in [7, 11) is 1.84. The fourth-order valence-electron chi connectivity index (χ4n) is 7.05. The minimum absolute atomic E-state index is 0.313. The van der Waals surface area contributed by atoms with Crippen LogP contribution >= 0.6 is 0 Å². The molecule has 35 heavy (non-hydrogen) atoms. The number of esters is 1. The zero-order valence-electron chi connectivity index (χ0n) is 19.2. The third-order valence-electron chi connectivity index (χ3n) is 8.41. The lowest BCUT2D eigenvalue weighted by Crippen LogP contribution is -2.65. The summed E-state index contributed by atoms with van der Waals surface area (Å²) in [5, 5.41) is 3.03. The maximum atomic E-state index is 14.5. The van der Waals surface area contributed by atoms with Crippen LogP contribution in [-0.2, 0) is 36.8 Å². The summed E-state index contributed by atoms with van der Waals surface area (Å²) in [6, 6.07) is 24.4. The summed E-state index contributed by atoms with van der Waals surface area (Å²) in [5.41, 5.74) is -1.15. The Balaban J connectivity index is 1.51. The Morgan fingerprint density at radius 2 is 1.57 bits per heavy atom. The Morgan fingerprint density at radius 3 is 2.37 bits per heavy atom. The van der Waals surface area contributed by atoms with E-state index in [0.29, 0.717) is 42.0 Å². The van der Waals surface area contributed by atoms with Crippen molar-refractivity contribution in [3.8, 4) is 0 Å². The van der Waals surface area contributed by atoms with Crippen LogP contribution in [0.1, 0.15) is 23.1 Å². The van der Waals surface area contributed by atoms with Gasteiger partial charge in [-0.3, -0.25) is 14.5 Å². The van der Waals surface area contributed by atoms with Gasteiger partial charge in [-0.25, -0.2) is 4.79 Å². The molecule has 7 heteroatoms. The number of carbonyl (C=O) groups excluding carboxylic acids is 3. The van der Waals surface area contributed by atoms with Crippen LogP contribution in [0.25, 0.3) is 0 Å². The highest BCUT2D eigenvalue weighted by Gasteiger charge is 2.88. The van der Waals surface area contributed by atoms with Crippen molar-refractivity contribution in [2.24, 2.45) is 5.41 Å². The van der Waals surface area contributed by atoms with Crippen molar-refractivity contribution in [1.82, 2.24) is 4.90 Å². The number of likely N-dealkylation sites (tertiary alicyclic amines) is 1. The number of anilines is 2. The molecule has 3 atom stereocenters. The topological polar surface area (TPSA) is 79.0 Å². The van der Waals surface area contributed by atoms with E-state index < -0.39 is 22.5 Å². The molecule has 0 aromatic heterocycles. The molecule has 4 aliphatic heterocycles. The smallest absolute Gasteiger partial charge is 0.334 e. The second-order valence-corrected chi connectivity index (χ2v) is 9.75. The number of rotatable bonds is 2. The van der Waals surface area contributed by atoms with E-state index in [1.807, 2.05) is 84.7 Å². The summed E-state index contributed by atoms with van der Waals surface area (Å²) in [5.74, 6) is -1.27. The van der Waals surface area contributed by atoms with Gasteiger partial charge < -0.3 is 15.0 Å². The fraction of sp³-hybridized carbons (Fsp3) is 0.250. The average Bonchev–Trinajstić information content (AvgIpc) is 3.42. The molecule has 0 saturated carbocycles. The number of carbonyl (C=O) groups is 3. The molecule has 2 fully saturated rings. The normalized spacial score (nSPS) is 30.5. The van der Waals surface area contributed by atoms with Crippen molar-refractivity contribution < 1.29 is 19.1 Å². The van der Waals surface area contributed by atoms with Crippen molar-refractivity contribution in [2.75, 3.05) is 23.8 Å². The lowest BCUT2D eigenvalue weighted by atomic mass is 9.56. The van der Waals surface area contributed by atoms with E-state index in [9.17, 15) is 14.4 Å². The van der Waals surface area contributed by atoms with Gasteiger partial charge in [0.1, 0.15) is 5.41 Å². The lowest BCUT2D eigenvalue weighted by Gasteiger charge is -2.47. The zero-order chi connectivity index (χ0) is 24.0. The fourth-order valence-corrected chi connectivity index (χ4v) is 7.05. The molecule has 2 amide bonds. The Hall–Kier alpha value is -3.97. The Labute approximate surface area is 202 Å². The first-order valence-corrected chi connectivity index (χ1v) is 11.8. The highest BCUT2D eigenvalue weighted by molar-refractivity contribution is 6.19. The Morgan fingerprint density at radius 1 is 0.886 bits per heavy atom. The predicted octanol–water partition coefficient (Wildman–Crippen LogP) is 3.16. The number of amides is 2. The van der Waals surface area contributed by atoms with Gasteiger partial charge in [0.25, 0.3) is 5.91 Å². The van der Waals surface area contributed by atoms with Crippen LogP contribution in [0.2, 0.25) is 0 Å². The van der Waals surface area contributed by atoms with Gasteiger partial charge >= 0.3 is 5.97 Å². The van der Waals surface area contributed by atoms with Crippen LogP contribution in [0.4, 0.5) is 11.4 Å². The van der Waals surface area contributed by atoms with E-state index in [4.69, 9.17) is 4.74 Å². The van der Waals surface area contributed by atoms with Crippen LogP contribution < -0.4 is 10.2 Å². The van der Waals surface area contributed by atoms with Gasteiger partial charge in [0.05, 0.1) is 12.2 Å². The largest absolute Gasteiger partial charge is 0.441 e. The number of likely N-dealkylation sites (N-methyl/N-ethyl adjacent to an activating group) is 1. The summed E-state index contributed by atoms with van der Waals surface area (Å²) in [6.45, 7) is 0.792. The van der Waals surface area contributed by atoms with E-state index in [-0.39, 0.29) is 11.8 Å². The molecule has 4 heterocycles. The standard InChI is InChI=1S/C28H23N3O4/c1-30-16-15-26-23(32)29-21-13-7-5-11-19(21)27(26,30)25(34)35-28(26)20-12-6-8-14-22(20)31(24(28)33)17-18-9-3-2-4-10-18/h2-14H,15-17H2,1H3,(H,29,32)/t26-,27+,28-/m1/s1. The SMILES string of the molecule is CN1CC[C@@]23C(=O)Nc4ccccc4[C@@]12C(=O)O[C@]31C(=O)N(Cc2ccccc2)c2ccccc21. The molecule has 3 aromatic carbocycles. The van der Waals surface area contributed by atoms with Crippen LogP contribution in [-0.4, -0.2) is 36.3 Å². The second kappa shape index (κ2) is 6.58. The molecular weight excluding hydrogens is 442 g/mol. The van der Waals surface area contributed by atoms with Gasteiger partial charge in [-0.2, -0.15) is 0 Å². The molecule has 0 radical (unpaired) electrons. The van der Waals surface area contributed by atoms with E-state index in [1.165, 1.54) is 0 Å². The highest BCUT2D eigenvalue weighted by atomic mass is 16.6. The first kappa shape index (κ1) is 20.4. The van der Waals surface area contributed by atoms with Gasteiger partial charge in [0, 0.05) is 23.4 Å². The van der Waals surface area contributed by atoms with Gasteiger partial charge in [0.15, 0.2) is 5.54 Å². The Kier molecular flexibility index (Phi) is 3.83. The molecule has 174 valence electrons. The maximum Gasteiger partial charge on any atom is 0.334 e. The third kappa shape index (κ3) is 2.06. The minimum Gasteiger partial charge on any atom is -0.441 e. The average molecular weight is 466 g/mol.